The molecule has 4 fully saturated rings. The Hall–Kier alpha value is -1.35. The lowest BCUT2D eigenvalue weighted by molar-refractivity contribution is 0.0552. The lowest BCUT2D eigenvalue weighted by Crippen LogP contribution is -2.53. The Kier molecular flexibility index (Phi) is 4.75. The normalized spacial score (nSPS) is 33.9. The number of likely N-dealkylation sites (tertiary alicyclic amines) is 1. The first-order chi connectivity index (χ1) is 13.3. The van der Waals surface area contributed by atoms with Gasteiger partial charge in [0.2, 0.25) is 0 Å². The van der Waals surface area contributed by atoms with E-state index in [9.17, 15) is 0 Å². The molecule has 2 aromatic rings. The smallest absolute Gasteiger partial charge is 0.0441 e. The highest BCUT2D eigenvalue weighted by Gasteiger charge is 2.52. The van der Waals surface area contributed by atoms with Gasteiger partial charge in [-0.15, -0.1) is 0 Å². The lowest BCUT2D eigenvalue weighted by Gasteiger charge is -2.51. The van der Waals surface area contributed by atoms with Crippen molar-refractivity contribution < 1.29 is 0 Å². The van der Waals surface area contributed by atoms with E-state index in [1.54, 1.807) is 0 Å². The summed E-state index contributed by atoms with van der Waals surface area (Å²) in [4.78, 5) is 2.83. The standard InChI is InChI=1S/C24H29ClN2/c25-22-11-5-4-10-19(22)21-17-24(27-14-6-7-15-27)12-13-26-23(21)20(16-24)18-8-2-1-3-9-18/h1-5,8-11,20-21,23,26H,6-7,12-17H2. The van der Waals surface area contributed by atoms with E-state index >= 15 is 0 Å². The van der Waals surface area contributed by atoms with Crippen LogP contribution in [0.1, 0.15) is 55.1 Å². The summed E-state index contributed by atoms with van der Waals surface area (Å²) in [5.41, 5.74) is 3.13. The molecule has 4 unspecified atom stereocenters. The fraction of sp³-hybridized carbons (Fsp3) is 0.500. The molecule has 142 valence electrons. The van der Waals surface area contributed by atoms with Gasteiger partial charge in [0.25, 0.3) is 0 Å². The molecule has 6 rings (SSSR count). The maximum atomic E-state index is 6.71. The van der Waals surface area contributed by atoms with Crippen LogP contribution in [-0.4, -0.2) is 36.1 Å². The predicted molar refractivity (Wildman–Crippen MR) is 113 cm³/mol. The number of rotatable bonds is 3. The second-order valence-corrected chi connectivity index (χ2v) is 9.11. The predicted octanol–water partition coefficient (Wildman–Crippen LogP) is 5.20. The summed E-state index contributed by atoms with van der Waals surface area (Å²) in [6.07, 6.45) is 6.47. The van der Waals surface area contributed by atoms with Crippen molar-refractivity contribution in [2.24, 2.45) is 0 Å². The lowest BCUT2D eigenvalue weighted by atomic mass is 9.63. The van der Waals surface area contributed by atoms with Gasteiger partial charge >= 0.3 is 0 Å². The Morgan fingerprint density at radius 2 is 1.59 bits per heavy atom. The number of nitrogens with zero attached hydrogens (tertiary/aromatic N) is 1. The first-order valence-electron chi connectivity index (χ1n) is 10.5. The molecule has 27 heavy (non-hydrogen) atoms. The Balaban J connectivity index is 1.60. The summed E-state index contributed by atoms with van der Waals surface area (Å²) in [5, 5.41) is 4.89. The fourth-order valence-corrected chi connectivity index (χ4v) is 6.38. The molecular formula is C24H29ClN2. The first kappa shape index (κ1) is 17.7. The molecule has 0 aromatic heterocycles. The van der Waals surface area contributed by atoms with Crippen molar-refractivity contribution in [1.29, 1.82) is 0 Å². The Morgan fingerprint density at radius 3 is 2.37 bits per heavy atom. The minimum atomic E-state index is 0.306. The van der Waals surface area contributed by atoms with Crippen molar-refractivity contribution in [3.8, 4) is 0 Å². The van der Waals surface area contributed by atoms with Gasteiger partial charge < -0.3 is 5.32 Å². The summed E-state index contributed by atoms with van der Waals surface area (Å²) >= 11 is 6.71. The third-order valence-corrected chi connectivity index (χ3v) is 7.69. The molecule has 3 heteroatoms. The Labute approximate surface area is 167 Å². The van der Waals surface area contributed by atoms with Crippen LogP contribution in [0.25, 0.3) is 0 Å². The van der Waals surface area contributed by atoms with Crippen LogP contribution in [-0.2, 0) is 0 Å². The Bertz CT molecular complexity index is 786. The van der Waals surface area contributed by atoms with Crippen LogP contribution >= 0.6 is 11.6 Å². The molecule has 1 aliphatic carbocycles. The third kappa shape index (κ3) is 3.12. The van der Waals surface area contributed by atoms with Crippen molar-refractivity contribution in [2.75, 3.05) is 19.6 Å². The summed E-state index contributed by atoms with van der Waals surface area (Å²) in [5.74, 6) is 1.02. The number of fused-ring (bicyclic) bond motifs is 4. The first-order valence-corrected chi connectivity index (χ1v) is 10.9. The van der Waals surface area contributed by atoms with E-state index in [0.29, 0.717) is 23.4 Å². The van der Waals surface area contributed by atoms with Gasteiger partial charge in [-0.25, -0.2) is 0 Å². The minimum absolute atomic E-state index is 0.306. The molecule has 3 heterocycles. The summed E-state index contributed by atoms with van der Waals surface area (Å²) in [6.45, 7) is 3.65. The van der Waals surface area contributed by atoms with Gasteiger partial charge in [0.15, 0.2) is 0 Å². The highest BCUT2D eigenvalue weighted by atomic mass is 35.5. The molecular weight excluding hydrogens is 352 g/mol. The number of halogens is 1. The number of nitrogens with one attached hydrogen (secondary N) is 1. The van der Waals surface area contributed by atoms with Crippen LogP contribution in [0.4, 0.5) is 0 Å². The molecule has 4 aliphatic rings. The highest BCUT2D eigenvalue weighted by Crippen LogP contribution is 2.53. The van der Waals surface area contributed by atoms with E-state index in [-0.39, 0.29) is 0 Å². The van der Waals surface area contributed by atoms with Crippen LogP contribution in [0, 0.1) is 0 Å². The molecule has 0 radical (unpaired) electrons. The van der Waals surface area contributed by atoms with Crippen molar-refractivity contribution >= 4 is 11.6 Å². The van der Waals surface area contributed by atoms with Crippen LogP contribution < -0.4 is 5.32 Å². The largest absolute Gasteiger partial charge is 0.313 e. The van der Waals surface area contributed by atoms with E-state index in [0.717, 1.165) is 11.6 Å². The van der Waals surface area contributed by atoms with Crippen LogP contribution in [0.2, 0.25) is 5.02 Å². The van der Waals surface area contributed by atoms with E-state index in [4.69, 9.17) is 11.6 Å². The second kappa shape index (κ2) is 7.24. The topological polar surface area (TPSA) is 15.3 Å². The van der Waals surface area contributed by atoms with Crippen molar-refractivity contribution in [1.82, 2.24) is 10.2 Å². The van der Waals surface area contributed by atoms with E-state index < -0.39 is 0 Å². The number of hydrogen-bond donors (Lipinski definition) is 1. The zero-order valence-electron chi connectivity index (χ0n) is 15.9. The van der Waals surface area contributed by atoms with E-state index in [2.05, 4.69) is 64.8 Å². The molecule has 3 aliphatic heterocycles. The zero-order valence-corrected chi connectivity index (χ0v) is 16.7. The van der Waals surface area contributed by atoms with Gasteiger partial charge in [0.05, 0.1) is 0 Å². The summed E-state index contributed by atoms with van der Waals surface area (Å²) in [6, 6.07) is 20.2. The number of benzene rings is 2. The maximum absolute atomic E-state index is 6.71. The van der Waals surface area contributed by atoms with Crippen molar-refractivity contribution in [3.05, 3.63) is 70.7 Å². The maximum Gasteiger partial charge on any atom is 0.0441 e. The monoisotopic (exact) mass is 380 g/mol. The molecule has 3 saturated heterocycles. The van der Waals surface area contributed by atoms with Crippen LogP contribution in [0.15, 0.2) is 54.6 Å². The zero-order chi connectivity index (χ0) is 18.3. The Morgan fingerprint density at radius 1 is 0.889 bits per heavy atom. The molecule has 0 spiro atoms. The molecule has 0 amide bonds. The summed E-state index contributed by atoms with van der Waals surface area (Å²) in [7, 11) is 0. The van der Waals surface area contributed by atoms with Gasteiger partial charge in [-0.05, 0) is 68.9 Å². The van der Waals surface area contributed by atoms with Crippen molar-refractivity contribution in [3.63, 3.8) is 0 Å². The van der Waals surface area contributed by atoms with Gasteiger partial charge in [0, 0.05) is 28.4 Å². The molecule has 2 aromatic carbocycles. The summed E-state index contributed by atoms with van der Waals surface area (Å²) < 4.78 is 0. The quantitative estimate of drug-likeness (QED) is 0.787. The van der Waals surface area contributed by atoms with Gasteiger partial charge in [-0.1, -0.05) is 60.1 Å². The molecule has 2 bridgehead atoms. The molecule has 1 saturated carbocycles. The van der Waals surface area contributed by atoms with Crippen LogP contribution in [0.5, 0.6) is 0 Å². The van der Waals surface area contributed by atoms with Crippen molar-refractivity contribution in [2.45, 2.75) is 55.5 Å². The van der Waals surface area contributed by atoms with E-state index in [1.807, 2.05) is 0 Å². The SMILES string of the molecule is Clc1ccccc1C1CC2(N3CCCC3)CCNC1C(c1ccccc1)C2. The molecule has 1 N–H and O–H groups in total. The third-order valence-electron chi connectivity index (χ3n) is 7.35. The second-order valence-electron chi connectivity index (χ2n) is 8.70. The van der Waals surface area contributed by atoms with E-state index in [1.165, 1.54) is 56.3 Å². The minimum Gasteiger partial charge on any atom is -0.313 e. The average molecular weight is 381 g/mol. The van der Waals surface area contributed by atoms with Gasteiger partial charge in [-0.3, -0.25) is 4.90 Å². The van der Waals surface area contributed by atoms with Gasteiger partial charge in [0.1, 0.15) is 0 Å². The fourth-order valence-electron chi connectivity index (χ4n) is 6.11. The number of hydrogen-bond acceptors (Lipinski definition) is 2. The van der Waals surface area contributed by atoms with Crippen LogP contribution in [0.3, 0.4) is 0 Å². The van der Waals surface area contributed by atoms with Gasteiger partial charge in [-0.2, -0.15) is 0 Å². The highest BCUT2D eigenvalue weighted by molar-refractivity contribution is 6.31. The average Bonchev–Trinajstić information content (AvgIpc) is 3.12. The molecule has 2 nitrogen and oxygen atoms in total. The molecule has 4 atom stereocenters.